The highest BCUT2D eigenvalue weighted by Crippen LogP contribution is 2.21. The molecule has 1 aromatic carbocycles. The molecule has 1 aliphatic heterocycles. The van der Waals surface area contributed by atoms with E-state index < -0.39 is 23.7 Å². The first-order chi connectivity index (χ1) is 12.5. The molecule has 0 bridgehead atoms. The minimum Gasteiger partial charge on any atom is -0.487 e. The van der Waals surface area contributed by atoms with Gasteiger partial charge in [0.2, 0.25) is 0 Å². The third-order valence-corrected chi connectivity index (χ3v) is 3.84. The Morgan fingerprint density at radius 1 is 1.23 bits per heavy atom. The van der Waals surface area contributed by atoms with Gasteiger partial charge in [-0.1, -0.05) is 0 Å². The number of hydrogen-bond donors (Lipinski definition) is 2. The van der Waals surface area contributed by atoms with Crippen LogP contribution in [0.4, 0.5) is 4.79 Å². The third kappa shape index (κ3) is 3.69. The summed E-state index contributed by atoms with van der Waals surface area (Å²) >= 11 is 0. The van der Waals surface area contributed by atoms with Crippen LogP contribution in [0.2, 0.25) is 0 Å². The van der Waals surface area contributed by atoms with Crippen molar-refractivity contribution in [3.63, 3.8) is 0 Å². The number of esters is 1. The molecular weight excluding hydrogens is 340 g/mol. The van der Waals surface area contributed by atoms with E-state index in [1.807, 2.05) is 0 Å². The largest absolute Gasteiger partial charge is 0.487 e. The Hall–Kier alpha value is -3.29. The van der Waals surface area contributed by atoms with Crippen LogP contribution in [0.1, 0.15) is 13.8 Å². The first-order valence-corrected chi connectivity index (χ1v) is 8.12. The summed E-state index contributed by atoms with van der Waals surface area (Å²) in [6.45, 7) is 3.57. The van der Waals surface area contributed by atoms with Gasteiger partial charge in [0.1, 0.15) is 17.9 Å². The minimum absolute atomic E-state index is 0.0471. The third-order valence-electron chi connectivity index (χ3n) is 3.84. The van der Waals surface area contributed by atoms with Crippen molar-refractivity contribution in [1.82, 2.24) is 10.6 Å². The molecule has 0 spiro atoms. The van der Waals surface area contributed by atoms with Gasteiger partial charge >= 0.3 is 17.6 Å². The van der Waals surface area contributed by atoms with Crippen LogP contribution >= 0.6 is 0 Å². The van der Waals surface area contributed by atoms with Crippen LogP contribution in [0.5, 0.6) is 5.75 Å². The molecule has 3 rings (SSSR count). The Morgan fingerprint density at radius 3 is 2.77 bits per heavy atom. The number of ether oxygens (including phenoxy) is 2. The van der Waals surface area contributed by atoms with E-state index in [1.54, 1.807) is 38.1 Å². The monoisotopic (exact) mass is 358 g/mol. The van der Waals surface area contributed by atoms with E-state index in [2.05, 4.69) is 10.6 Å². The summed E-state index contributed by atoms with van der Waals surface area (Å²) in [5.41, 5.74) is 0.562. The van der Waals surface area contributed by atoms with Crippen molar-refractivity contribution in [2.24, 2.45) is 0 Å². The molecule has 2 amide bonds. The molecule has 2 N–H and O–H groups in total. The van der Waals surface area contributed by atoms with E-state index in [0.29, 0.717) is 22.6 Å². The Morgan fingerprint density at radius 2 is 2.00 bits per heavy atom. The number of rotatable bonds is 5. The number of amides is 2. The zero-order valence-electron chi connectivity index (χ0n) is 14.3. The molecule has 0 aliphatic carbocycles. The Balaban J connectivity index is 1.85. The van der Waals surface area contributed by atoms with Crippen LogP contribution in [-0.2, 0) is 9.53 Å². The van der Waals surface area contributed by atoms with Crippen molar-refractivity contribution in [3.05, 3.63) is 52.0 Å². The van der Waals surface area contributed by atoms with Gasteiger partial charge in [-0.05, 0) is 32.0 Å². The van der Waals surface area contributed by atoms with E-state index in [1.165, 1.54) is 6.07 Å². The number of benzene rings is 1. The van der Waals surface area contributed by atoms with Crippen molar-refractivity contribution < 1.29 is 23.5 Å². The van der Waals surface area contributed by atoms with E-state index >= 15 is 0 Å². The number of carbonyl (C=O) groups is 2. The zero-order chi connectivity index (χ0) is 18.7. The van der Waals surface area contributed by atoms with E-state index in [-0.39, 0.29) is 13.2 Å². The van der Waals surface area contributed by atoms with Gasteiger partial charge in [-0.3, -0.25) is 0 Å². The molecule has 0 fully saturated rings. The molecule has 2 heterocycles. The first kappa shape index (κ1) is 17.5. The molecular formula is C18H18N2O6. The lowest BCUT2D eigenvalue weighted by atomic mass is 10.0. The van der Waals surface area contributed by atoms with Crippen LogP contribution in [-0.4, -0.2) is 31.3 Å². The average molecular weight is 358 g/mol. The standard InChI is InChI=1S/C18H18N2O6/c1-3-24-17(22)16-10(2)19-18(23)20-13(16)9-25-12-6-4-11-5-7-15(21)26-14(11)8-12/h4-8,10H,3,9H2,1-2H3,(H2,19,20,23)/t10-/m1/s1. The molecule has 1 atom stereocenters. The smallest absolute Gasteiger partial charge is 0.338 e. The Bertz CT molecular complexity index is 946. The molecule has 8 nitrogen and oxygen atoms in total. The van der Waals surface area contributed by atoms with Crippen molar-refractivity contribution in [3.8, 4) is 5.75 Å². The Kier molecular flexibility index (Phi) is 4.92. The highest BCUT2D eigenvalue weighted by molar-refractivity contribution is 5.94. The fourth-order valence-electron chi connectivity index (χ4n) is 2.68. The van der Waals surface area contributed by atoms with Gasteiger partial charge in [-0.15, -0.1) is 0 Å². The molecule has 0 unspecified atom stereocenters. The predicted molar refractivity (Wildman–Crippen MR) is 92.8 cm³/mol. The molecule has 1 aromatic heterocycles. The first-order valence-electron chi connectivity index (χ1n) is 8.12. The molecule has 0 radical (unpaired) electrons. The highest BCUT2D eigenvalue weighted by atomic mass is 16.5. The van der Waals surface area contributed by atoms with Gasteiger partial charge in [-0.2, -0.15) is 0 Å². The van der Waals surface area contributed by atoms with Gasteiger partial charge in [0.25, 0.3) is 0 Å². The van der Waals surface area contributed by atoms with Crippen molar-refractivity contribution in [2.75, 3.05) is 13.2 Å². The van der Waals surface area contributed by atoms with Crippen LogP contribution in [0.15, 0.2) is 50.8 Å². The molecule has 1 aliphatic rings. The summed E-state index contributed by atoms with van der Waals surface area (Å²) in [4.78, 5) is 35.2. The second-order valence-corrected chi connectivity index (χ2v) is 5.68. The number of urea groups is 1. The van der Waals surface area contributed by atoms with Crippen LogP contribution in [0, 0.1) is 0 Å². The summed E-state index contributed by atoms with van der Waals surface area (Å²) in [6.07, 6.45) is 0. The molecule has 8 heteroatoms. The SMILES string of the molecule is CCOC(=O)C1=C(COc2ccc3ccc(=O)oc3c2)NC(=O)N[C@@H]1C. The second-order valence-electron chi connectivity index (χ2n) is 5.68. The van der Waals surface area contributed by atoms with Crippen LogP contribution in [0.25, 0.3) is 11.0 Å². The molecule has 26 heavy (non-hydrogen) atoms. The van der Waals surface area contributed by atoms with Gasteiger partial charge in [-0.25, -0.2) is 14.4 Å². The fourth-order valence-corrected chi connectivity index (χ4v) is 2.68. The maximum Gasteiger partial charge on any atom is 0.338 e. The summed E-state index contributed by atoms with van der Waals surface area (Å²) in [7, 11) is 0. The van der Waals surface area contributed by atoms with Gasteiger partial charge in [0.15, 0.2) is 0 Å². The average Bonchev–Trinajstić information content (AvgIpc) is 2.59. The lowest BCUT2D eigenvalue weighted by Gasteiger charge is -2.26. The van der Waals surface area contributed by atoms with Gasteiger partial charge in [0.05, 0.1) is 23.9 Å². The Labute approximate surface area is 148 Å². The van der Waals surface area contributed by atoms with Crippen molar-refractivity contribution >= 4 is 23.0 Å². The predicted octanol–water partition coefficient (Wildman–Crippen LogP) is 1.69. The maximum atomic E-state index is 12.2. The quantitative estimate of drug-likeness (QED) is 0.622. The fraction of sp³-hybridized carbons (Fsp3) is 0.278. The number of hydrogen-bond acceptors (Lipinski definition) is 6. The van der Waals surface area contributed by atoms with E-state index in [0.717, 1.165) is 5.39 Å². The van der Waals surface area contributed by atoms with Crippen LogP contribution < -0.4 is 21.0 Å². The lowest BCUT2D eigenvalue weighted by molar-refractivity contribution is -0.139. The minimum atomic E-state index is -0.518. The summed E-state index contributed by atoms with van der Waals surface area (Å²) in [5, 5.41) is 5.95. The molecule has 0 saturated heterocycles. The van der Waals surface area contributed by atoms with Crippen LogP contribution in [0.3, 0.4) is 0 Å². The number of fused-ring (bicyclic) bond motifs is 1. The lowest BCUT2D eigenvalue weighted by Crippen LogP contribution is -2.50. The molecule has 2 aromatic rings. The topological polar surface area (TPSA) is 107 Å². The summed E-state index contributed by atoms with van der Waals surface area (Å²) in [6, 6.07) is 7.10. The number of nitrogens with one attached hydrogen (secondary N) is 2. The summed E-state index contributed by atoms with van der Waals surface area (Å²) < 4.78 is 15.8. The maximum absolute atomic E-state index is 12.2. The molecule has 136 valence electrons. The number of carbonyl (C=O) groups excluding carboxylic acids is 2. The zero-order valence-corrected chi connectivity index (χ0v) is 14.3. The highest BCUT2D eigenvalue weighted by Gasteiger charge is 2.29. The van der Waals surface area contributed by atoms with Crippen molar-refractivity contribution in [1.29, 1.82) is 0 Å². The second kappa shape index (κ2) is 7.30. The van der Waals surface area contributed by atoms with Gasteiger partial charge in [0, 0.05) is 17.5 Å². The molecule has 0 saturated carbocycles. The van der Waals surface area contributed by atoms with E-state index in [9.17, 15) is 14.4 Å². The van der Waals surface area contributed by atoms with Crippen molar-refractivity contribution in [2.45, 2.75) is 19.9 Å². The normalized spacial score (nSPS) is 16.8. The van der Waals surface area contributed by atoms with E-state index in [4.69, 9.17) is 13.9 Å². The van der Waals surface area contributed by atoms with Gasteiger partial charge < -0.3 is 24.5 Å². The summed E-state index contributed by atoms with van der Waals surface area (Å²) in [5.74, 6) is -0.0846.